The van der Waals surface area contributed by atoms with Crippen LogP contribution < -0.4 is 5.32 Å². The summed E-state index contributed by atoms with van der Waals surface area (Å²) in [6.45, 7) is -0.202. The summed E-state index contributed by atoms with van der Waals surface area (Å²) in [5.74, 6) is -1.27. The number of aromatic nitrogens is 1. The molecule has 104 valence electrons. The summed E-state index contributed by atoms with van der Waals surface area (Å²) in [4.78, 5) is 27.6. The van der Waals surface area contributed by atoms with Crippen molar-refractivity contribution in [1.29, 1.82) is 0 Å². The van der Waals surface area contributed by atoms with Crippen LogP contribution in [0.1, 0.15) is 5.56 Å². The van der Waals surface area contributed by atoms with Crippen LogP contribution in [0.5, 0.6) is 0 Å². The molecule has 2 amide bonds. The highest BCUT2D eigenvalue weighted by atomic mass is 16.4. The molecular weight excluding hydrogens is 250 g/mol. The van der Waals surface area contributed by atoms with E-state index in [4.69, 9.17) is 10.2 Å². The van der Waals surface area contributed by atoms with Gasteiger partial charge in [0.05, 0.1) is 6.61 Å². The van der Waals surface area contributed by atoms with Crippen molar-refractivity contribution in [3.05, 3.63) is 30.1 Å². The normalized spacial score (nSPS) is 11.7. The fraction of sp³-hybridized carbons (Fsp3) is 0.417. The number of nitrogens with one attached hydrogen (secondary N) is 1. The Balaban J connectivity index is 2.42. The zero-order valence-corrected chi connectivity index (χ0v) is 10.6. The van der Waals surface area contributed by atoms with Crippen molar-refractivity contribution in [1.82, 2.24) is 15.2 Å². The van der Waals surface area contributed by atoms with Gasteiger partial charge >= 0.3 is 12.0 Å². The Hall–Kier alpha value is -2.15. The van der Waals surface area contributed by atoms with E-state index in [1.54, 1.807) is 19.4 Å². The van der Waals surface area contributed by atoms with E-state index in [0.29, 0.717) is 13.0 Å². The van der Waals surface area contributed by atoms with Crippen molar-refractivity contribution in [2.75, 3.05) is 20.2 Å². The number of nitrogens with zero attached hydrogens (tertiary/aromatic N) is 2. The second-order valence-corrected chi connectivity index (χ2v) is 4.05. The molecule has 19 heavy (non-hydrogen) atoms. The van der Waals surface area contributed by atoms with Crippen molar-refractivity contribution in [2.24, 2.45) is 0 Å². The van der Waals surface area contributed by atoms with E-state index in [0.717, 1.165) is 5.56 Å². The summed E-state index contributed by atoms with van der Waals surface area (Å²) < 4.78 is 0. The Labute approximate surface area is 110 Å². The van der Waals surface area contributed by atoms with E-state index in [1.807, 2.05) is 12.1 Å². The molecule has 0 saturated heterocycles. The maximum atomic E-state index is 11.7. The third-order valence-electron chi connectivity index (χ3n) is 2.61. The first-order chi connectivity index (χ1) is 9.04. The number of carbonyl (C=O) groups excluding carboxylic acids is 1. The van der Waals surface area contributed by atoms with E-state index < -0.39 is 24.6 Å². The van der Waals surface area contributed by atoms with Gasteiger partial charge < -0.3 is 20.4 Å². The molecular formula is C12H17N3O4. The molecule has 1 aromatic rings. The maximum absolute atomic E-state index is 11.7. The molecule has 0 aliphatic heterocycles. The lowest BCUT2D eigenvalue weighted by Crippen LogP contribution is -2.48. The molecule has 0 radical (unpaired) electrons. The number of carbonyl (C=O) groups is 2. The molecule has 0 aliphatic rings. The highest BCUT2D eigenvalue weighted by Gasteiger charge is 2.20. The van der Waals surface area contributed by atoms with Gasteiger partial charge in [-0.05, 0) is 24.1 Å². The number of carboxylic acids is 1. The minimum Gasteiger partial charge on any atom is -0.480 e. The fourth-order valence-corrected chi connectivity index (χ4v) is 1.39. The van der Waals surface area contributed by atoms with E-state index in [9.17, 15) is 9.59 Å². The molecule has 0 aliphatic carbocycles. The summed E-state index contributed by atoms with van der Waals surface area (Å²) in [5, 5.41) is 19.8. The molecule has 0 spiro atoms. The molecule has 1 rings (SSSR count). The average Bonchev–Trinajstić information content (AvgIpc) is 2.42. The molecule has 7 nitrogen and oxygen atoms in total. The highest BCUT2D eigenvalue weighted by molar-refractivity contribution is 5.82. The Morgan fingerprint density at radius 3 is 2.58 bits per heavy atom. The number of hydrogen-bond acceptors (Lipinski definition) is 4. The minimum atomic E-state index is -1.28. The smallest absolute Gasteiger partial charge is 0.328 e. The van der Waals surface area contributed by atoms with Gasteiger partial charge in [-0.25, -0.2) is 9.59 Å². The average molecular weight is 267 g/mol. The molecule has 1 atom stereocenters. The summed E-state index contributed by atoms with van der Waals surface area (Å²) in [6, 6.07) is 1.88. The lowest BCUT2D eigenvalue weighted by atomic mass is 10.2. The Bertz CT molecular complexity index is 424. The Morgan fingerprint density at radius 1 is 1.42 bits per heavy atom. The van der Waals surface area contributed by atoms with Crippen LogP contribution in [0.3, 0.4) is 0 Å². The van der Waals surface area contributed by atoms with E-state index >= 15 is 0 Å². The second-order valence-electron chi connectivity index (χ2n) is 4.05. The number of hydrogen-bond donors (Lipinski definition) is 3. The number of likely N-dealkylation sites (N-methyl/N-ethyl adjacent to an activating group) is 1. The van der Waals surface area contributed by atoms with E-state index in [-0.39, 0.29) is 0 Å². The maximum Gasteiger partial charge on any atom is 0.328 e. The predicted molar refractivity (Wildman–Crippen MR) is 67.6 cm³/mol. The van der Waals surface area contributed by atoms with Gasteiger partial charge in [-0.3, -0.25) is 4.98 Å². The number of urea groups is 1. The van der Waals surface area contributed by atoms with Crippen molar-refractivity contribution >= 4 is 12.0 Å². The number of aliphatic hydroxyl groups is 1. The minimum absolute atomic E-state index is 0.438. The first-order valence-electron chi connectivity index (χ1n) is 5.78. The van der Waals surface area contributed by atoms with Crippen LogP contribution in [0.4, 0.5) is 4.79 Å². The van der Waals surface area contributed by atoms with Gasteiger partial charge in [-0.1, -0.05) is 0 Å². The van der Waals surface area contributed by atoms with Gasteiger partial charge in [-0.2, -0.15) is 0 Å². The monoisotopic (exact) mass is 267 g/mol. The molecule has 0 saturated carbocycles. The molecule has 3 N–H and O–H groups in total. The van der Waals surface area contributed by atoms with Crippen molar-refractivity contribution in [2.45, 2.75) is 12.5 Å². The third-order valence-corrected chi connectivity index (χ3v) is 2.61. The zero-order valence-electron chi connectivity index (χ0n) is 10.6. The lowest BCUT2D eigenvalue weighted by molar-refractivity contribution is -0.140. The first kappa shape index (κ1) is 14.9. The van der Waals surface area contributed by atoms with Crippen LogP contribution >= 0.6 is 0 Å². The molecule has 1 heterocycles. The SMILES string of the molecule is CN(CCc1ccncc1)C(=O)N[C@H](CO)C(=O)O. The molecule has 0 aromatic carbocycles. The number of rotatable bonds is 6. The van der Waals surface area contributed by atoms with Crippen LogP contribution in [0.25, 0.3) is 0 Å². The second kappa shape index (κ2) is 7.32. The number of carboxylic acid groups (broad SMARTS) is 1. The summed E-state index contributed by atoms with van der Waals surface area (Å²) in [6.07, 6.45) is 3.98. The number of aliphatic carboxylic acids is 1. The zero-order chi connectivity index (χ0) is 14.3. The summed E-state index contributed by atoms with van der Waals surface area (Å²) in [5.41, 5.74) is 1.03. The molecule has 1 aromatic heterocycles. The van der Waals surface area contributed by atoms with Crippen LogP contribution in [-0.4, -0.2) is 58.3 Å². The van der Waals surface area contributed by atoms with E-state index in [2.05, 4.69) is 10.3 Å². The van der Waals surface area contributed by atoms with Crippen molar-refractivity contribution in [3.63, 3.8) is 0 Å². The van der Waals surface area contributed by atoms with Crippen molar-refractivity contribution < 1.29 is 19.8 Å². The standard InChI is InChI=1S/C12H17N3O4/c1-15(7-4-9-2-5-13-6-3-9)12(19)14-10(8-16)11(17)18/h2-3,5-6,10,16H,4,7-8H2,1H3,(H,14,19)(H,17,18)/t10-/m1/s1. The molecule has 0 bridgehead atoms. The van der Waals surface area contributed by atoms with Crippen LogP contribution in [0.2, 0.25) is 0 Å². The first-order valence-corrected chi connectivity index (χ1v) is 5.78. The fourth-order valence-electron chi connectivity index (χ4n) is 1.39. The topological polar surface area (TPSA) is 103 Å². The number of pyridine rings is 1. The van der Waals surface area contributed by atoms with Gasteiger partial charge in [0.25, 0.3) is 0 Å². The van der Waals surface area contributed by atoms with Gasteiger partial charge in [-0.15, -0.1) is 0 Å². The lowest BCUT2D eigenvalue weighted by Gasteiger charge is -2.20. The summed E-state index contributed by atoms with van der Waals surface area (Å²) >= 11 is 0. The highest BCUT2D eigenvalue weighted by Crippen LogP contribution is 1.99. The largest absolute Gasteiger partial charge is 0.480 e. The third kappa shape index (κ3) is 4.92. The Morgan fingerprint density at radius 2 is 2.05 bits per heavy atom. The van der Waals surface area contributed by atoms with Crippen molar-refractivity contribution in [3.8, 4) is 0 Å². The Kier molecular flexibility index (Phi) is 5.74. The van der Waals surface area contributed by atoms with Gasteiger partial charge in [0.15, 0.2) is 6.04 Å². The number of aliphatic hydroxyl groups excluding tert-OH is 1. The molecule has 0 unspecified atom stereocenters. The molecule has 0 fully saturated rings. The van der Waals surface area contributed by atoms with Crippen LogP contribution in [-0.2, 0) is 11.2 Å². The summed E-state index contributed by atoms with van der Waals surface area (Å²) in [7, 11) is 1.56. The predicted octanol–water partition coefficient (Wildman–Crippen LogP) is -0.289. The van der Waals surface area contributed by atoms with E-state index in [1.165, 1.54) is 4.90 Å². The van der Waals surface area contributed by atoms with Crippen LogP contribution in [0, 0.1) is 0 Å². The van der Waals surface area contributed by atoms with Gasteiger partial charge in [0.2, 0.25) is 0 Å². The van der Waals surface area contributed by atoms with Crippen LogP contribution in [0.15, 0.2) is 24.5 Å². The number of amides is 2. The van der Waals surface area contributed by atoms with Gasteiger partial charge in [0, 0.05) is 26.0 Å². The van der Waals surface area contributed by atoms with Gasteiger partial charge in [0.1, 0.15) is 0 Å². The quantitative estimate of drug-likeness (QED) is 0.657. The molecule has 7 heteroatoms.